The van der Waals surface area contributed by atoms with Crippen LogP contribution in [-0.4, -0.2) is 80.6 Å². The van der Waals surface area contributed by atoms with Crippen LogP contribution in [0.3, 0.4) is 0 Å². The quantitative estimate of drug-likeness (QED) is 0.638. The van der Waals surface area contributed by atoms with Crippen molar-refractivity contribution in [1.82, 2.24) is 20.4 Å². The molecule has 1 aromatic carbocycles. The zero-order valence-electron chi connectivity index (χ0n) is 17.1. The minimum Gasteiger partial charge on any atom is -0.493 e. The van der Waals surface area contributed by atoms with Gasteiger partial charge in [-0.1, -0.05) is 6.07 Å². The molecule has 0 radical (unpaired) electrons. The number of rotatable bonds is 7. The van der Waals surface area contributed by atoms with E-state index in [0.29, 0.717) is 50.4 Å². The monoisotopic (exact) mass is 404 g/mol. The molecule has 2 saturated heterocycles. The number of nitrogens with zero attached hydrogens (tertiary/aromatic N) is 2. The first kappa shape index (κ1) is 20.9. The highest BCUT2D eigenvalue weighted by atomic mass is 16.5. The predicted octanol–water partition coefficient (Wildman–Crippen LogP) is 0.379. The van der Waals surface area contributed by atoms with E-state index in [1.165, 1.54) is 7.05 Å². The number of ether oxygens (including phenoxy) is 2. The van der Waals surface area contributed by atoms with Crippen molar-refractivity contribution < 1.29 is 23.9 Å². The van der Waals surface area contributed by atoms with Gasteiger partial charge in [0, 0.05) is 26.7 Å². The van der Waals surface area contributed by atoms with E-state index in [4.69, 9.17) is 9.47 Å². The molecule has 0 atom stereocenters. The van der Waals surface area contributed by atoms with Gasteiger partial charge in [-0.15, -0.1) is 0 Å². The van der Waals surface area contributed by atoms with Crippen LogP contribution in [0.1, 0.15) is 18.4 Å². The van der Waals surface area contributed by atoms with Gasteiger partial charge in [0.15, 0.2) is 11.5 Å². The summed E-state index contributed by atoms with van der Waals surface area (Å²) in [5.41, 5.74) is 0.245. The van der Waals surface area contributed by atoms with Crippen molar-refractivity contribution in [2.75, 3.05) is 47.4 Å². The highest BCUT2D eigenvalue weighted by Gasteiger charge is 2.50. The number of carbonyl (C=O) groups is 3. The summed E-state index contributed by atoms with van der Waals surface area (Å²) in [7, 11) is 4.67. The summed E-state index contributed by atoms with van der Waals surface area (Å²) >= 11 is 0. The number of hydrogen-bond acceptors (Lipinski definition) is 6. The molecule has 2 N–H and O–H groups in total. The molecule has 2 heterocycles. The maximum Gasteiger partial charge on any atom is 0.324 e. The lowest BCUT2D eigenvalue weighted by atomic mass is 9.87. The number of methoxy groups -OCH3 is 2. The molecule has 1 spiro atoms. The smallest absolute Gasteiger partial charge is 0.324 e. The summed E-state index contributed by atoms with van der Waals surface area (Å²) in [4.78, 5) is 39.4. The van der Waals surface area contributed by atoms with E-state index in [1.807, 2.05) is 23.1 Å². The molecule has 4 amide bonds. The van der Waals surface area contributed by atoms with Gasteiger partial charge in [0.2, 0.25) is 5.91 Å². The van der Waals surface area contributed by atoms with Gasteiger partial charge in [0.05, 0.1) is 20.8 Å². The third-order valence-corrected chi connectivity index (χ3v) is 5.63. The summed E-state index contributed by atoms with van der Waals surface area (Å²) in [6.45, 7) is 1.97. The van der Waals surface area contributed by atoms with E-state index >= 15 is 0 Å². The molecule has 0 aromatic heterocycles. The van der Waals surface area contributed by atoms with Gasteiger partial charge < -0.3 is 20.1 Å². The number of likely N-dealkylation sites (N-methyl/N-ethyl adjacent to an activating group) is 1. The van der Waals surface area contributed by atoms with Gasteiger partial charge in [0.25, 0.3) is 5.91 Å². The molecule has 158 valence electrons. The van der Waals surface area contributed by atoms with Crippen LogP contribution in [0.4, 0.5) is 4.79 Å². The molecule has 0 unspecified atom stereocenters. The Balaban J connectivity index is 1.42. The minimum atomic E-state index is -0.799. The van der Waals surface area contributed by atoms with Crippen LogP contribution in [-0.2, 0) is 16.0 Å². The topological polar surface area (TPSA) is 100 Å². The van der Waals surface area contributed by atoms with Crippen molar-refractivity contribution in [2.24, 2.45) is 0 Å². The second kappa shape index (κ2) is 8.69. The zero-order valence-corrected chi connectivity index (χ0v) is 17.1. The second-order valence-corrected chi connectivity index (χ2v) is 7.44. The number of amides is 4. The molecule has 9 nitrogen and oxygen atoms in total. The molecule has 0 saturated carbocycles. The molecular formula is C20H28N4O5. The summed E-state index contributed by atoms with van der Waals surface area (Å²) in [5.74, 6) is 1.10. The number of piperidine rings is 1. The van der Waals surface area contributed by atoms with Gasteiger partial charge in [-0.05, 0) is 37.0 Å². The lowest BCUT2D eigenvalue weighted by Crippen LogP contribution is -2.55. The predicted molar refractivity (Wildman–Crippen MR) is 106 cm³/mol. The fraction of sp³-hybridized carbons (Fsp3) is 0.550. The molecular weight excluding hydrogens is 376 g/mol. The van der Waals surface area contributed by atoms with Crippen LogP contribution >= 0.6 is 0 Å². The average molecular weight is 404 g/mol. The highest BCUT2D eigenvalue weighted by molar-refractivity contribution is 6.06. The Morgan fingerprint density at radius 2 is 1.86 bits per heavy atom. The van der Waals surface area contributed by atoms with Crippen LogP contribution < -0.4 is 20.1 Å². The summed E-state index contributed by atoms with van der Waals surface area (Å²) in [6, 6.07) is 5.34. The number of nitrogens with one attached hydrogen (secondary N) is 2. The van der Waals surface area contributed by atoms with E-state index in [1.54, 1.807) is 14.2 Å². The Labute approximate surface area is 170 Å². The van der Waals surface area contributed by atoms with Crippen molar-refractivity contribution in [3.05, 3.63) is 23.8 Å². The van der Waals surface area contributed by atoms with Crippen LogP contribution in [0, 0.1) is 0 Å². The Hall–Kier alpha value is -2.81. The Kier molecular flexibility index (Phi) is 6.26. The fourth-order valence-electron chi connectivity index (χ4n) is 3.83. The number of benzene rings is 1. The molecule has 2 aliphatic rings. The maximum absolute atomic E-state index is 12.3. The van der Waals surface area contributed by atoms with Crippen molar-refractivity contribution in [3.63, 3.8) is 0 Å². The van der Waals surface area contributed by atoms with Crippen LogP contribution in [0.5, 0.6) is 11.5 Å². The number of urea groups is 1. The van der Waals surface area contributed by atoms with E-state index < -0.39 is 5.54 Å². The minimum absolute atomic E-state index is 0.0553. The molecule has 3 rings (SSSR count). The van der Waals surface area contributed by atoms with Crippen LogP contribution in [0.25, 0.3) is 0 Å². The van der Waals surface area contributed by atoms with E-state index in [-0.39, 0.29) is 24.4 Å². The van der Waals surface area contributed by atoms with Crippen LogP contribution in [0.15, 0.2) is 18.2 Å². The first-order chi connectivity index (χ1) is 13.9. The van der Waals surface area contributed by atoms with Gasteiger partial charge in [-0.25, -0.2) is 4.79 Å². The van der Waals surface area contributed by atoms with Crippen molar-refractivity contribution in [2.45, 2.75) is 24.8 Å². The Bertz CT molecular complexity index is 789. The van der Waals surface area contributed by atoms with E-state index in [2.05, 4.69) is 10.6 Å². The second-order valence-electron chi connectivity index (χ2n) is 7.44. The summed E-state index contributed by atoms with van der Waals surface area (Å²) in [6.07, 6.45) is 1.71. The number of hydrogen-bond donors (Lipinski definition) is 2. The number of imide groups is 1. The first-order valence-electron chi connectivity index (χ1n) is 9.69. The number of likely N-dealkylation sites (tertiary alicyclic amines) is 1. The molecule has 0 aliphatic carbocycles. The molecule has 0 bridgehead atoms. The molecule has 29 heavy (non-hydrogen) atoms. The lowest BCUT2D eigenvalue weighted by molar-refractivity contribution is -0.132. The van der Waals surface area contributed by atoms with Crippen molar-refractivity contribution in [1.29, 1.82) is 0 Å². The molecule has 1 aromatic rings. The Morgan fingerprint density at radius 3 is 2.45 bits per heavy atom. The van der Waals surface area contributed by atoms with E-state index in [0.717, 1.165) is 10.5 Å². The highest BCUT2D eigenvalue weighted by Crippen LogP contribution is 2.29. The van der Waals surface area contributed by atoms with Crippen molar-refractivity contribution in [3.8, 4) is 11.5 Å². The lowest BCUT2D eigenvalue weighted by Gasteiger charge is -2.36. The maximum atomic E-state index is 12.3. The van der Waals surface area contributed by atoms with Gasteiger partial charge in [-0.3, -0.25) is 19.4 Å². The normalized spacial score (nSPS) is 18.7. The fourth-order valence-corrected chi connectivity index (χ4v) is 3.83. The molecule has 2 aliphatic heterocycles. The standard InChI is InChI=1S/C20H28N4O5/c1-23-18(26)20(22-19(23)27)7-10-24(11-8-20)13-17(25)21-9-6-14-4-5-15(28-2)16(12-14)29-3/h4-5,12H,6-11,13H2,1-3H3,(H,21,25)(H,22,27). The molecule has 2 fully saturated rings. The zero-order chi connectivity index (χ0) is 21.0. The van der Waals surface area contributed by atoms with Crippen LogP contribution in [0.2, 0.25) is 0 Å². The SMILES string of the molecule is COc1ccc(CCNC(=O)CN2CCC3(CC2)NC(=O)N(C)C3=O)cc1OC. The average Bonchev–Trinajstić information content (AvgIpc) is 2.93. The van der Waals surface area contributed by atoms with Crippen molar-refractivity contribution >= 4 is 17.8 Å². The summed E-state index contributed by atoms with van der Waals surface area (Å²) in [5, 5.41) is 5.73. The third kappa shape index (κ3) is 4.45. The third-order valence-electron chi connectivity index (χ3n) is 5.63. The summed E-state index contributed by atoms with van der Waals surface area (Å²) < 4.78 is 10.5. The number of carbonyl (C=O) groups excluding carboxylic acids is 3. The largest absolute Gasteiger partial charge is 0.493 e. The van der Waals surface area contributed by atoms with E-state index in [9.17, 15) is 14.4 Å². The van der Waals surface area contributed by atoms with Gasteiger partial charge >= 0.3 is 6.03 Å². The Morgan fingerprint density at radius 1 is 1.17 bits per heavy atom. The van der Waals surface area contributed by atoms with Gasteiger partial charge in [0.1, 0.15) is 5.54 Å². The molecule has 9 heteroatoms. The van der Waals surface area contributed by atoms with Gasteiger partial charge in [-0.2, -0.15) is 0 Å². The first-order valence-corrected chi connectivity index (χ1v) is 9.69.